The average molecular weight is 901 g/mol. The molecule has 22 heteroatoms. The van der Waals surface area contributed by atoms with Crippen LogP contribution in [0.25, 0.3) is 11.0 Å². The number of aryl methyl sites for hydroxylation is 2. The predicted molar refractivity (Wildman–Crippen MR) is 217 cm³/mol. The lowest BCUT2D eigenvalue weighted by Crippen LogP contribution is -2.19. The molecule has 0 aliphatic heterocycles. The van der Waals surface area contributed by atoms with Crippen molar-refractivity contribution in [2.45, 2.75) is 83.9 Å². The SMILES string of the molecule is CC(C)(O)CCc1cc2cc(NC(=O)c3cccc(C(F)(F)F)n3)c(C(=O)O)cn2n1.CCOC(=O)c1cn2nc(CCC(C)(C)O)cc2cc1NC(=O)c1cccc(C(F)(F)F)n1. The van der Waals surface area contributed by atoms with Crippen LogP contribution in [-0.4, -0.2) is 86.1 Å². The third-order valence-electron chi connectivity index (χ3n) is 9.05. The quantitative estimate of drug-likeness (QED) is 0.0570. The van der Waals surface area contributed by atoms with E-state index in [-0.39, 0.29) is 29.1 Å². The second kappa shape index (κ2) is 18.8. The molecule has 0 saturated heterocycles. The molecule has 0 radical (unpaired) electrons. The van der Waals surface area contributed by atoms with Crippen molar-refractivity contribution < 1.29 is 65.6 Å². The number of carboxylic acids is 1. The zero-order valence-electron chi connectivity index (χ0n) is 34.8. The highest BCUT2D eigenvalue weighted by molar-refractivity contribution is 6.08. The van der Waals surface area contributed by atoms with Gasteiger partial charge in [-0.15, -0.1) is 0 Å². The van der Waals surface area contributed by atoms with Crippen LogP contribution in [0, 0.1) is 0 Å². The Kier molecular flexibility index (Phi) is 14.1. The molecule has 0 fully saturated rings. The van der Waals surface area contributed by atoms with E-state index in [2.05, 4.69) is 30.8 Å². The molecule has 0 atom stereocenters. The molecule has 340 valence electrons. The van der Waals surface area contributed by atoms with Crippen molar-refractivity contribution in [3.05, 3.63) is 118 Å². The number of aromatic nitrogens is 6. The van der Waals surface area contributed by atoms with Gasteiger partial charge in [0.2, 0.25) is 0 Å². The summed E-state index contributed by atoms with van der Waals surface area (Å²) in [7, 11) is 0. The number of halogens is 6. The largest absolute Gasteiger partial charge is 0.478 e. The number of aromatic carboxylic acids is 1. The summed E-state index contributed by atoms with van der Waals surface area (Å²) in [5, 5.41) is 42.7. The lowest BCUT2D eigenvalue weighted by molar-refractivity contribution is -0.142. The maximum Gasteiger partial charge on any atom is 0.433 e. The van der Waals surface area contributed by atoms with Crippen LogP contribution in [0.2, 0.25) is 0 Å². The number of aliphatic hydroxyl groups is 2. The van der Waals surface area contributed by atoms with Crippen molar-refractivity contribution in [1.82, 2.24) is 29.2 Å². The summed E-state index contributed by atoms with van der Waals surface area (Å²) in [5.74, 6) is -4.00. The summed E-state index contributed by atoms with van der Waals surface area (Å²) in [6, 6.07) is 12.0. The van der Waals surface area contributed by atoms with Gasteiger partial charge in [-0.05, 0) is 109 Å². The number of nitrogens with zero attached hydrogens (tertiary/aromatic N) is 6. The number of pyridine rings is 4. The first-order valence-corrected chi connectivity index (χ1v) is 19.3. The van der Waals surface area contributed by atoms with E-state index in [0.29, 0.717) is 48.1 Å². The number of esters is 1. The zero-order chi connectivity index (χ0) is 47.4. The first-order valence-electron chi connectivity index (χ1n) is 19.3. The Morgan fingerprint density at radius 3 is 1.44 bits per heavy atom. The van der Waals surface area contributed by atoms with Crippen LogP contribution in [0.5, 0.6) is 0 Å². The Labute approximate surface area is 359 Å². The number of carbonyl (C=O) groups is 4. The zero-order valence-corrected chi connectivity index (χ0v) is 34.8. The number of carbonyl (C=O) groups excluding carboxylic acids is 3. The fraction of sp³-hybridized carbons (Fsp3) is 0.333. The smallest absolute Gasteiger partial charge is 0.433 e. The van der Waals surface area contributed by atoms with Crippen LogP contribution < -0.4 is 10.6 Å². The number of hydrogen-bond acceptors (Lipinski definition) is 11. The van der Waals surface area contributed by atoms with Gasteiger partial charge < -0.3 is 30.7 Å². The molecule has 5 N–H and O–H groups in total. The van der Waals surface area contributed by atoms with E-state index in [0.717, 1.165) is 36.4 Å². The standard InChI is InChI=1S/C22H23F3N4O4.C20H19F3N4O4/c1-4-33-20(31)15-12-29-14(10-13(28-29)8-9-21(2,3)32)11-17(15)27-19(30)16-6-5-7-18(26-16)22(23,24)25;1-19(2,31)7-6-11-8-12-9-15(13(18(29)30)10-27(12)26-11)25-17(28)14-4-3-5-16(24-14)20(21,22)23/h5-7,10-12,32H,4,8-9H2,1-3H3,(H,27,30);3-5,8-10,31H,6-7H2,1-2H3,(H,25,28)(H,29,30). The van der Waals surface area contributed by atoms with Gasteiger partial charge in [0.05, 0.1) is 51.6 Å². The highest BCUT2D eigenvalue weighted by atomic mass is 19.4. The second-order valence-corrected chi connectivity index (χ2v) is 15.6. The number of carboxylic acid groups (broad SMARTS) is 1. The van der Waals surface area contributed by atoms with Gasteiger partial charge in [0.1, 0.15) is 33.9 Å². The summed E-state index contributed by atoms with van der Waals surface area (Å²) in [5.41, 5.74) is -3.36. The molecule has 0 aliphatic carbocycles. The molecule has 0 bridgehead atoms. The van der Waals surface area contributed by atoms with Crippen LogP contribution >= 0.6 is 0 Å². The molecule has 16 nitrogen and oxygen atoms in total. The first kappa shape index (κ1) is 48.1. The van der Waals surface area contributed by atoms with Crippen molar-refractivity contribution in [3.63, 3.8) is 0 Å². The lowest BCUT2D eigenvalue weighted by atomic mass is 10.0. The molecule has 0 saturated carbocycles. The average Bonchev–Trinajstić information content (AvgIpc) is 3.80. The predicted octanol–water partition coefficient (Wildman–Crippen LogP) is 7.28. The van der Waals surface area contributed by atoms with Crippen molar-refractivity contribution in [2.24, 2.45) is 0 Å². The van der Waals surface area contributed by atoms with Crippen molar-refractivity contribution in [3.8, 4) is 0 Å². The van der Waals surface area contributed by atoms with E-state index in [1.54, 1.807) is 46.8 Å². The Morgan fingerprint density at radius 1 is 0.656 bits per heavy atom. The molecule has 6 rings (SSSR count). The summed E-state index contributed by atoms with van der Waals surface area (Å²) in [4.78, 5) is 55.9. The minimum atomic E-state index is -4.72. The van der Waals surface area contributed by atoms with Crippen molar-refractivity contribution >= 4 is 46.2 Å². The molecule has 64 heavy (non-hydrogen) atoms. The molecular weight excluding hydrogens is 858 g/mol. The van der Waals surface area contributed by atoms with Gasteiger partial charge in [0.15, 0.2) is 0 Å². The molecule has 0 spiro atoms. The molecule has 6 aromatic rings. The number of amides is 2. The van der Waals surface area contributed by atoms with E-state index in [9.17, 15) is 60.8 Å². The lowest BCUT2D eigenvalue weighted by Gasteiger charge is -2.15. The Morgan fingerprint density at radius 2 is 1.06 bits per heavy atom. The molecule has 0 unspecified atom stereocenters. The van der Waals surface area contributed by atoms with Crippen LogP contribution in [0.3, 0.4) is 0 Å². The summed E-state index contributed by atoms with van der Waals surface area (Å²) in [6.07, 6.45) is -5.09. The number of hydrogen-bond donors (Lipinski definition) is 5. The third-order valence-corrected chi connectivity index (χ3v) is 9.05. The maximum absolute atomic E-state index is 12.9. The summed E-state index contributed by atoms with van der Waals surface area (Å²) < 4.78 is 85.2. The van der Waals surface area contributed by atoms with Crippen LogP contribution in [0.4, 0.5) is 37.7 Å². The Balaban J connectivity index is 0.000000241. The molecule has 2 amide bonds. The highest BCUT2D eigenvalue weighted by Gasteiger charge is 2.34. The summed E-state index contributed by atoms with van der Waals surface area (Å²) >= 11 is 0. The minimum Gasteiger partial charge on any atom is -0.478 e. The number of ether oxygens (including phenoxy) is 1. The van der Waals surface area contributed by atoms with Gasteiger partial charge >= 0.3 is 24.3 Å². The topological polar surface area (TPSA) is 223 Å². The maximum atomic E-state index is 12.9. The molecular formula is C42H42F6N8O8. The van der Waals surface area contributed by atoms with E-state index in [4.69, 9.17) is 4.74 Å². The van der Waals surface area contributed by atoms with E-state index >= 15 is 0 Å². The molecule has 6 aromatic heterocycles. The number of alkyl halides is 6. The third kappa shape index (κ3) is 12.8. The molecule has 0 aromatic carbocycles. The van der Waals surface area contributed by atoms with Gasteiger partial charge in [0.25, 0.3) is 11.8 Å². The number of rotatable bonds is 13. The van der Waals surface area contributed by atoms with E-state index in [1.165, 1.54) is 33.6 Å². The fourth-order valence-electron chi connectivity index (χ4n) is 5.85. The monoisotopic (exact) mass is 900 g/mol. The highest BCUT2D eigenvalue weighted by Crippen LogP contribution is 2.30. The molecule has 6 heterocycles. The van der Waals surface area contributed by atoms with Gasteiger partial charge in [-0.2, -0.15) is 36.5 Å². The molecule has 0 aliphatic rings. The van der Waals surface area contributed by atoms with E-state index in [1.807, 2.05) is 0 Å². The van der Waals surface area contributed by atoms with Crippen LogP contribution in [0.1, 0.15) is 112 Å². The second-order valence-electron chi connectivity index (χ2n) is 15.6. The van der Waals surface area contributed by atoms with E-state index < -0.39 is 70.1 Å². The van der Waals surface area contributed by atoms with Gasteiger partial charge in [-0.25, -0.2) is 28.6 Å². The fourth-order valence-corrected chi connectivity index (χ4v) is 5.85. The van der Waals surface area contributed by atoms with Crippen LogP contribution in [-0.2, 0) is 29.9 Å². The van der Waals surface area contributed by atoms with Crippen LogP contribution in [0.15, 0.2) is 73.1 Å². The van der Waals surface area contributed by atoms with Gasteiger partial charge in [-0.3, -0.25) is 9.59 Å². The van der Waals surface area contributed by atoms with Crippen molar-refractivity contribution in [2.75, 3.05) is 17.2 Å². The van der Waals surface area contributed by atoms with Gasteiger partial charge in [0, 0.05) is 12.4 Å². The first-order chi connectivity index (χ1) is 29.7. The summed E-state index contributed by atoms with van der Waals surface area (Å²) in [6.45, 7) is 8.36. The van der Waals surface area contributed by atoms with Crippen molar-refractivity contribution in [1.29, 1.82) is 0 Å². The Bertz CT molecular complexity index is 2700. The number of fused-ring (bicyclic) bond motifs is 2. The minimum absolute atomic E-state index is 0.0261. The number of anilines is 2. The number of nitrogens with one attached hydrogen (secondary N) is 2. The van der Waals surface area contributed by atoms with Gasteiger partial charge in [-0.1, -0.05) is 12.1 Å². The normalized spacial score (nSPS) is 12.1. The Hall–Kier alpha value is -6.94.